The molecule has 0 aromatic carbocycles. The molecule has 9 N–H and O–H groups in total. The first kappa shape index (κ1) is 15.7. The SMILES string of the molecule is Cl.NN.NNNO. The molecule has 7 heteroatoms. The van der Waals surface area contributed by atoms with Crippen molar-refractivity contribution in [1.82, 2.24) is 11.1 Å². The van der Waals surface area contributed by atoms with Gasteiger partial charge in [-0.15, -0.1) is 18.0 Å². The largest absolute Gasteiger partial charge is 0.301 e. The van der Waals surface area contributed by atoms with Crippen molar-refractivity contribution in [3.05, 3.63) is 0 Å². The van der Waals surface area contributed by atoms with E-state index in [0.29, 0.717) is 0 Å². The third kappa shape index (κ3) is 90.0. The minimum Gasteiger partial charge on any atom is -0.301 e. The Morgan fingerprint density at radius 2 is 1.43 bits per heavy atom. The van der Waals surface area contributed by atoms with Crippen LogP contribution in [-0.4, -0.2) is 5.21 Å². The summed E-state index contributed by atoms with van der Waals surface area (Å²) in [5, 5.41) is 7.39. The Balaban J connectivity index is -0.0000000480. The molecule has 0 amide bonds. The van der Waals surface area contributed by atoms with Crippen LogP contribution in [-0.2, 0) is 0 Å². The van der Waals surface area contributed by atoms with Gasteiger partial charge in [0.15, 0.2) is 0 Å². The highest BCUT2D eigenvalue weighted by atomic mass is 35.5. The molecule has 0 unspecified atom stereocenters. The second-order valence-electron chi connectivity index (χ2n) is 0.256. The van der Waals surface area contributed by atoms with Gasteiger partial charge in [0.2, 0.25) is 0 Å². The summed E-state index contributed by atoms with van der Waals surface area (Å²) in [6.45, 7) is 0. The first-order valence-corrected chi connectivity index (χ1v) is 1.10. The molecule has 6 nitrogen and oxygen atoms in total. The molecule has 0 fully saturated rings. The Bertz CT molecular complexity index is 10.0. The molecule has 0 radical (unpaired) electrons. The smallest absolute Gasteiger partial charge is 0.127 e. The average Bonchev–Trinajstić information content (AvgIpc) is 1.72. The van der Waals surface area contributed by atoms with E-state index in [9.17, 15) is 0 Å². The molecule has 0 heterocycles. The van der Waals surface area contributed by atoms with Crippen LogP contribution in [0.3, 0.4) is 0 Å². The summed E-state index contributed by atoms with van der Waals surface area (Å²) in [7, 11) is 0. The van der Waals surface area contributed by atoms with E-state index >= 15 is 0 Å². The molecule has 0 saturated carbocycles. The van der Waals surface area contributed by atoms with E-state index < -0.39 is 0 Å². The van der Waals surface area contributed by atoms with Crippen LogP contribution >= 0.6 is 12.4 Å². The van der Waals surface area contributed by atoms with Crippen LogP contribution in [0.1, 0.15) is 0 Å². The Kier molecular flexibility index (Phi) is 82.5. The van der Waals surface area contributed by atoms with Crippen LogP contribution in [0.25, 0.3) is 0 Å². The predicted octanol–water partition coefficient (Wildman–Crippen LogP) is -2.42. The number of hydrogen-bond donors (Lipinski definition) is 6. The fraction of sp³-hybridized carbons (Fsp3) is 0. The van der Waals surface area contributed by atoms with Crippen molar-refractivity contribution in [2.24, 2.45) is 17.5 Å². The number of hydrazine groups is 3. The van der Waals surface area contributed by atoms with E-state index in [2.05, 4.69) is 17.5 Å². The zero-order valence-corrected chi connectivity index (χ0v) is 4.40. The normalized spacial score (nSPS) is 5.14. The number of nitrogens with two attached hydrogens (primary N) is 3. The quantitative estimate of drug-likeness (QED) is 0.174. The molecule has 0 aliphatic heterocycles. The molecule has 0 aliphatic rings. The maximum atomic E-state index is 7.39. The minimum atomic E-state index is 0. The maximum Gasteiger partial charge on any atom is -0.127 e. The van der Waals surface area contributed by atoms with Crippen LogP contribution < -0.4 is 28.7 Å². The van der Waals surface area contributed by atoms with Crippen molar-refractivity contribution in [1.29, 1.82) is 0 Å². The topological polar surface area (TPSA) is 122 Å². The van der Waals surface area contributed by atoms with Gasteiger partial charge in [-0.2, -0.15) is 5.53 Å². The molecular formula is H10ClN5O. The summed E-state index contributed by atoms with van der Waals surface area (Å²) in [6.07, 6.45) is 0. The maximum absolute atomic E-state index is 7.39. The van der Waals surface area contributed by atoms with E-state index in [0.717, 1.165) is 0 Å². The van der Waals surface area contributed by atoms with Gasteiger partial charge in [-0.25, -0.2) is 0 Å². The Morgan fingerprint density at radius 1 is 1.29 bits per heavy atom. The number of hydrogen-bond acceptors (Lipinski definition) is 6. The molecule has 0 rings (SSSR count). The third-order valence-electron chi connectivity index (χ3n) is 0.0645. The van der Waals surface area contributed by atoms with Gasteiger partial charge in [-0.1, -0.05) is 0 Å². The standard InChI is InChI=1S/ClH.H5N3O.H4N2/c;1-2-3-4;1-2/h1H;2-4H,1H2;1-2H2. The molecule has 0 spiro atoms. The first-order chi connectivity index (χ1) is 2.91. The molecule has 7 heavy (non-hydrogen) atoms. The summed E-state index contributed by atoms with van der Waals surface area (Å²) in [4.78, 5) is 0. The lowest BCUT2D eigenvalue weighted by atomic mass is 12.5. The lowest BCUT2D eigenvalue weighted by Gasteiger charge is -1.80. The summed E-state index contributed by atoms with van der Waals surface area (Å²) in [6, 6.07) is 0. The average molecular weight is 132 g/mol. The van der Waals surface area contributed by atoms with E-state index in [1.54, 1.807) is 5.53 Å². The van der Waals surface area contributed by atoms with Crippen LogP contribution in [0.5, 0.6) is 0 Å². The molecule has 0 bridgehead atoms. The molecular weight excluding hydrogens is 121 g/mol. The van der Waals surface area contributed by atoms with Crippen LogP contribution in [0.2, 0.25) is 0 Å². The van der Waals surface area contributed by atoms with E-state index in [4.69, 9.17) is 5.21 Å². The van der Waals surface area contributed by atoms with Crippen molar-refractivity contribution >= 4 is 12.4 Å². The number of rotatable bonds is 1. The van der Waals surface area contributed by atoms with Crippen molar-refractivity contribution in [2.45, 2.75) is 0 Å². The van der Waals surface area contributed by atoms with Crippen molar-refractivity contribution in [3.8, 4) is 0 Å². The second-order valence-corrected chi connectivity index (χ2v) is 0.256. The zero-order chi connectivity index (χ0) is 5.41. The van der Waals surface area contributed by atoms with Gasteiger partial charge < -0.3 is 5.21 Å². The predicted molar refractivity (Wildman–Crippen MR) is 27.9 cm³/mol. The van der Waals surface area contributed by atoms with Gasteiger partial charge in [0.25, 0.3) is 0 Å². The fourth-order valence-corrected chi connectivity index (χ4v) is 0. The second kappa shape index (κ2) is 36.7. The van der Waals surface area contributed by atoms with Crippen molar-refractivity contribution < 1.29 is 5.21 Å². The van der Waals surface area contributed by atoms with Gasteiger partial charge in [-0.3, -0.25) is 17.5 Å². The van der Waals surface area contributed by atoms with Crippen LogP contribution in [0.15, 0.2) is 0 Å². The van der Waals surface area contributed by atoms with Gasteiger partial charge in [0.05, 0.1) is 0 Å². The van der Waals surface area contributed by atoms with Gasteiger partial charge in [0, 0.05) is 0 Å². The minimum absolute atomic E-state index is 0. The van der Waals surface area contributed by atoms with Crippen molar-refractivity contribution in [2.75, 3.05) is 0 Å². The van der Waals surface area contributed by atoms with Crippen LogP contribution in [0.4, 0.5) is 0 Å². The summed E-state index contributed by atoms with van der Waals surface area (Å²) < 4.78 is 0. The van der Waals surface area contributed by atoms with Gasteiger partial charge in [0.1, 0.15) is 0 Å². The third-order valence-corrected chi connectivity index (χ3v) is 0.0645. The van der Waals surface area contributed by atoms with E-state index in [1.807, 2.05) is 0 Å². The van der Waals surface area contributed by atoms with E-state index in [1.165, 1.54) is 5.59 Å². The zero-order valence-electron chi connectivity index (χ0n) is 3.59. The summed E-state index contributed by atoms with van der Waals surface area (Å²) in [5.41, 5.74) is 3.19. The number of nitrogens with one attached hydrogen (secondary N) is 2. The molecule has 0 aromatic heterocycles. The van der Waals surface area contributed by atoms with Gasteiger partial charge in [-0.05, 0) is 0 Å². The monoisotopic (exact) mass is 131 g/mol. The molecule has 0 atom stereocenters. The summed E-state index contributed by atoms with van der Waals surface area (Å²) >= 11 is 0. The Hall–Kier alpha value is 0.0500. The fourth-order valence-electron chi connectivity index (χ4n) is 0. The summed E-state index contributed by atoms with van der Waals surface area (Å²) in [5.74, 6) is 12.4. The lowest BCUT2D eigenvalue weighted by Crippen LogP contribution is -2.34. The van der Waals surface area contributed by atoms with Crippen molar-refractivity contribution in [3.63, 3.8) is 0 Å². The molecule has 48 valence electrons. The molecule has 0 saturated heterocycles. The van der Waals surface area contributed by atoms with Gasteiger partial charge >= 0.3 is 0 Å². The highest BCUT2D eigenvalue weighted by molar-refractivity contribution is 5.85. The highest BCUT2D eigenvalue weighted by Gasteiger charge is 1.44. The Labute approximate surface area is 47.3 Å². The lowest BCUT2D eigenvalue weighted by molar-refractivity contribution is 0.121. The first-order valence-electron chi connectivity index (χ1n) is 1.10. The molecule has 0 aromatic rings. The highest BCUT2D eigenvalue weighted by Crippen LogP contribution is 0.957. The Morgan fingerprint density at radius 3 is 1.43 bits per heavy atom. The molecule has 0 aliphatic carbocycles. The number of halogens is 1. The van der Waals surface area contributed by atoms with E-state index in [-0.39, 0.29) is 12.4 Å². The van der Waals surface area contributed by atoms with Crippen LogP contribution in [0, 0.1) is 0 Å².